The van der Waals surface area contributed by atoms with Crippen LogP contribution in [0.25, 0.3) is 0 Å². The highest BCUT2D eigenvalue weighted by atomic mass is 32.2. The van der Waals surface area contributed by atoms with Gasteiger partial charge < -0.3 is 4.90 Å². The van der Waals surface area contributed by atoms with Crippen LogP contribution in [0.2, 0.25) is 0 Å². The van der Waals surface area contributed by atoms with Gasteiger partial charge in [-0.25, -0.2) is 8.42 Å². The SMILES string of the molecule is C=CC[NH+]1CCN(S(=O)(=O)c2cc([N+](=O)[O-])ccc2C)CC1. The van der Waals surface area contributed by atoms with E-state index in [4.69, 9.17) is 0 Å². The smallest absolute Gasteiger partial charge is 0.270 e. The predicted octanol–water partition coefficient (Wildman–Crippen LogP) is -0.0216. The summed E-state index contributed by atoms with van der Waals surface area (Å²) in [5.41, 5.74) is 0.312. The third-order valence-electron chi connectivity index (χ3n) is 3.86. The molecule has 0 amide bonds. The molecule has 2 rings (SSSR count). The number of hydrogen-bond donors (Lipinski definition) is 1. The number of nitrogens with zero attached hydrogens (tertiary/aromatic N) is 2. The van der Waals surface area contributed by atoms with E-state index in [1.54, 1.807) is 6.92 Å². The van der Waals surface area contributed by atoms with Crippen molar-refractivity contribution in [2.45, 2.75) is 11.8 Å². The van der Waals surface area contributed by atoms with Gasteiger partial charge in [-0.3, -0.25) is 10.1 Å². The number of nitro groups is 1. The van der Waals surface area contributed by atoms with Crippen LogP contribution in [-0.4, -0.2) is 50.4 Å². The van der Waals surface area contributed by atoms with Crippen molar-refractivity contribution in [3.63, 3.8) is 0 Å². The van der Waals surface area contributed by atoms with Crippen molar-refractivity contribution in [3.8, 4) is 0 Å². The van der Waals surface area contributed by atoms with Gasteiger partial charge in [0, 0.05) is 12.1 Å². The lowest BCUT2D eigenvalue weighted by Gasteiger charge is -2.31. The minimum Gasteiger partial charge on any atom is -0.330 e. The Labute approximate surface area is 130 Å². The first-order valence-corrected chi connectivity index (χ1v) is 8.50. The fourth-order valence-corrected chi connectivity index (χ4v) is 4.26. The van der Waals surface area contributed by atoms with E-state index >= 15 is 0 Å². The van der Waals surface area contributed by atoms with E-state index in [9.17, 15) is 18.5 Å². The minimum absolute atomic E-state index is 0.0221. The molecule has 22 heavy (non-hydrogen) atoms. The van der Waals surface area contributed by atoms with Gasteiger partial charge >= 0.3 is 0 Å². The van der Waals surface area contributed by atoms with Crippen LogP contribution in [0, 0.1) is 17.0 Å². The topological polar surface area (TPSA) is 85.0 Å². The van der Waals surface area contributed by atoms with Gasteiger partial charge in [0.2, 0.25) is 10.0 Å². The Morgan fingerprint density at radius 3 is 2.59 bits per heavy atom. The standard InChI is InChI=1S/C14H19N3O4S/c1-3-6-15-7-9-16(10-8-15)22(20,21)14-11-13(17(18)19)5-4-12(14)2/h3-5,11H,1,6-10H2,2H3/p+1. The zero-order chi connectivity index (χ0) is 16.3. The number of quaternary nitrogens is 1. The monoisotopic (exact) mass is 326 g/mol. The van der Waals surface area contributed by atoms with E-state index < -0.39 is 14.9 Å². The summed E-state index contributed by atoms with van der Waals surface area (Å²) in [5, 5.41) is 10.9. The summed E-state index contributed by atoms with van der Waals surface area (Å²) in [7, 11) is -3.70. The van der Waals surface area contributed by atoms with Crippen LogP contribution in [0.3, 0.4) is 0 Å². The van der Waals surface area contributed by atoms with Crippen molar-refractivity contribution in [1.82, 2.24) is 4.31 Å². The van der Waals surface area contributed by atoms with Gasteiger partial charge in [-0.2, -0.15) is 4.31 Å². The number of piperazine rings is 1. The summed E-state index contributed by atoms with van der Waals surface area (Å²) >= 11 is 0. The van der Waals surface area contributed by atoms with Gasteiger partial charge in [0.15, 0.2) is 0 Å². The number of aryl methyl sites for hydroxylation is 1. The van der Waals surface area contributed by atoms with Crippen molar-refractivity contribution in [2.24, 2.45) is 0 Å². The van der Waals surface area contributed by atoms with Gasteiger partial charge in [-0.15, -0.1) is 0 Å². The molecule has 0 saturated carbocycles. The Kier molecular flexibility index (Phi) is 4.94. The van der Waals surface area contributed by atoms with Gasteiger partial charge in [0.25, 0.3) is 5.69 Å². The van der Waals surface area contributed by atoms with Crippen molar-refractivity contribution < 1.29 is 18.2 Å². The van der Waals surface area contributed by atoms with Crippen molar-refractivity contribution in [3.05, 3.63) is 46.5 Å². The molecule has 1 fully saturated rings. The second-order valence-electron chi connectivity index (χ2n) is 5.35. The average Bonchev–Trinajstić information content (AvgIpc) is 2.48. The van der Waals surface area contributed by atoms with Gasteiger partial charge in [0.05, 0.1) is 42.5 Å². The molecule has 1 heterocycles. The number of nitro benzene ring substituents is 1. The van der Waals surface area contributed by atoms with Crippen LogP contribution in [0.4, 0.5) is 5.69 Å². The van der Waals surface area contributed by atoms with Crippen LogP contribution in [-0.2, 0) is 10.0 Å². The first-order valence-electron chi connectivity index (χ1n) is 7.06. The lowest BCUT2D eigenvalue weighted by atomic mass is 10.2. The normalized spacial score (nSPS) is 17.3. The van der Waals surface area contributed by atoms with E-state index in [2.05, 4.69) is 6.58 Å². The predicted molar refractivity (Wildman–Crippen MR) is 82.4 cm³/mol. The third-order valence-corrected chi connectivity index (χ3v) is 5.90. The fraction of sp³-hybridized carbons (Fsp3) is 0.429. The zero-order valence-electron chi connectivity index (χ0n) is 12.5. The van der Waals surface area contributed by atoms with E-state index in [-0.39, 0.29) is 10.6 Å². The maximum Gasteiger partial charge on any atom is 0.270 e. The molecule has 8 heteroatoms. The number of hydrogen-bond acceptors (Lipinski definition) is 4. The number of rotatable bonds is 5. The number of sulfonamides is 1. The molecule has 1 aliphatic heterocycles. The van der Waals surface area contributed by atoms with Crippen LogP contribution in [0.1, 0.15) is 5.56 Å². The molecule has 0 spiro atoms. The quantitative estimate of drug-likeness (QED) is 0.468. The summed E-state index contributed by atoms with van der Waals surface area (Å²) in [5.74, 6) is 0. The molecule has 1 aromatic rings. The molecule has 1 aromatic carbocycles. The Balaban J connectivity index is 2.26. The molecule has 0 aromatic heterocycles. The Hall–Kier alpha value is -1.77. The summed E-state index contributed by atoms with van der Waals surface area (Å²) in [6.45, 7) is 8.39. The molecular weight excluding hydrogens is 306 g/mol. The van der Waals surface area contributed by atoms with Crippen LogP contribution < -0.4 is 4.90 Å². The van der Waals surface area contributed by atoms with Gasteiger partial charge in [-0.05, 0) is 18.6 Å². The molecular formula is C14H20N3O4S+. The highest BCUT2D eigenvalue weighted by Gasteiger charge is 2.31. The maximum atomic E-state index is 12.7. The molecule has 0 unspecified atom stereocenters. The molecule has 0 radical (unpaired) electrons. The highest BCUT2D eigenvalue weighted by Crippen LogP contribution is 2.24. The van der Waals surface area contributed by atoms with Crippen LogP contribution in [0.5, 0.6) is 0 Å². The van der Waals surface area contributed by atoms with Gasteiger partial charge in [-0.1, -0.05) is 12.6 Å². The second-order valence-corrected chi connectivity index (χ2v) is 7.26. The lowest BCUT2D eigenvalue weighted by Crippen LogP contribution is -3.14. The van der Waals surface area contributed by atoms with Crippen molar-refractivity contribution >= 4 is 15.7 Å². The molecule has 0 bridgehead atoms. The van der Waals surface area contributed by atoms with Crippen LogP contribution in [0.15, 0.2) is 35.7 Å². The number of non-ortho nitro benzene ring substituents is 1. The second kappa shape index (κ2) is 6.55. The zero-order valence-corrected chi connectivity index (χ0v) is 13.3. The third kappa shape index (κ3) is 3.34. The van der Waals surface area contributed by atoms with E-state index in [0.29, 0.717) is 31.7 Å². The van der Waals surface area contributed by atoms with E-state index in [0.717, 1.165) is 12.6 Å². The first kappa shape index (κ1) is 16.6. The van der Waals surface area contributed by atoms with Crippen molar-refractivity contribution in [2.75, 3.05) is 32.7 Å². The summed E-state index contributed by atoms with van der Waals surface area (Å²) in [6, 6.07) is 3.94. The molecule has 1 N–H and O–H groups in total. The number of nitrogens with one attached hydrogen (secondary N) is 1. The average molecular weight is 326 g/mol. The summed E-state index contributed by atoms with van der Waals surface area (Å²) in [4.78, 5) is 11.6. The lowest BCUT2D eigenvalue weighted by molar-refractivity contribution is -0.897. The summed E-state index contributed by atoms with van der Waals surface area (Å²) in [6.07, 6.45) is 1.82. The first-order chi connectivity index (χ1) is 10.4. The molecule has 7 nitrogen and oxygen atoms in total. The highest BCUT2D eigenvalue weighted by molar-refractivity contribution is 7.89. The molecule has 120 valence electrons. The van der Waals surface area contributed by atoms with E-state index in [1.807, 2.05) is 6.08 Å². The van der Waals surface area contributed by atoms with Gasteiger partial charge in [0.1, 0.15) is 0 Å². The molecule has 0 aliphatic carbocycles. The molecule has 0 atom stereocenters. The Bertz CT molecular complexity index is 679. The van der Waals surface area contributed by atoms with Crippen LogP contribution >= 0.6 is 0 Å². The Morgan fingerprint density at radius 2 is 2.05 bits per heavy atom. The minimum atomic E-state index is -3.70. The maximum absolute atomic E-state index is 12.7. The molecule has 1 saturated heterocycles. The fourth-order valence-electron chi connectivity index (χ4n) is 2.57. The number of benzene rings is 1. The summed E-state index contributed by atoms with van der Waals surface area (Å²) < 4.78 is 26.9. The Morgan fingerprint density at radius 1 is 1.41 bits per heavy atom. The van der Waals surface area contributed by atoms with E-state index in [1.165, 1.54) is 21.3 Å². The largest absolute Gasteiger partial charge is 0.330 e. The van der Waals surface area contributed by atoms with Crippen molar-refractivity contribution in [1.29, 1.82) is 0 Å². The molecule has 1 aliphatic rings.